The fourth-order valence-electron chi connectivity index (χ4n) is 2.67. The van der Waals surface area contributed by atoms with Crippen molar-refractivity contribution in [3.63, 3.8) is 0 Å². The van der Waals surface area contributed by atoms with Crippen LogP contribution >= 0.6 is 24.0 Å². The molecule has 0 spiro atoms. The molecule has 1 heterocycles. The molecule has 0 atom stereocenters. The monoisotopic (exact) mass is 478 g/mol. The molecule has 26 heavy (non-hydrogen) atoms. The predicted octanol–water partition coefficient (Wildman–Crippen LogP) is 1.45. The molecule has 1 fully saturated rings. The van der Waals surface area contributed by atoms with Crippen LogP contribution in [0.2, 0.25) is 0 Å². The van der Waals surface area contributed by atoms with Gasteiger partial charge < -0.3 is 25.2 Å². The van der Waals surface area contributed by atoms with Crippen LogP contribution in [0.4, 0.5) is 0 Å². The Labute approximate surface area is 173 Å². The summed E-state index contributed by atoms with van der Waals surface area (Å²) in [5.41, 5.74) is 0.887. The number of phenolic OH excluding ortho intramolecular Hbond substituents is 1. The number of rotatable bonds is 8. The minimum absolute atomic E-state index is 0. The van der Waals surface area contributed by atoms with E-state index < -0.39 is 0 Å². The third kappa shape index (κ3) is 7.96. The molecule has 1 saturated heterocycles. The van der Waals surface area contributed by atoms with E-state index in [4.69, 9.17) is 9.47 Å². The summed E-state index contributed by atoms with van der Waals surface area (Å²) in [6, 6.07) is 5.38. The number of ether oxygens (including phenoxy) is 2. The Morgan fingerprint density at radius 3 is 2.73 bits per heavy atom. The van der Waals surface area contributed by atoms with Crippen LogP contribution in [0, 0.1) is 0 Å². The summed E-state index contributed by atoms with van der Waals surface area (Å²) in [4.78, 5) is 6.99. The normalized spacial score (nSPS) is 15.2. The van der Waals surface area contributed by atoms with Crippen LogP contribution < -0.4 is 15.4 Å². The molecule has 0 bridgehead atoms. The molecule has 0 aliphatic carbocycles. The molecular weight excluding hydrogens is 447 g/mol. The standard InChI is InChI=1S/C18H30N4O3.HI/c1-3-19-18(21-8-9-22-10-12-25-13-11-22)20-7-6-15-4-5-16(24-2)14-17(15)23;/h4-5,14,23H,3,6-13H2,1-2H3,(H2,19,20,21);1H. The van der Waals surface area contributed by atoms with Gasteiger partial charge in [-0.15, -0.1) is 24.0 Å². The van der Waals surface area contributed by atoms with E-state index in [0.717, 1.165) is 57.5 Å². The number of aliphatic imine (C=N–C) groups is 1. The van der Waals surface area contributed by atoms with Crippen LogP contribution in [0.1, 0.15) is 12.5 Å². The summed E-state index contributed by atoms with van der Waals surface area (Å²) in [7, 11) is 1.59. The molecule has 2 rings (SSSR count). The number of benzene rings is 1. The molecule has 1 aromatic carbocycles. The second-order valence-electron chi connectivity index (χ2n) is 5.89. The first-order chi connectivity index (χ1) is 12.2. The van der Waals surface area contributed by atoms with Crippen molar-refractivity contribution in [1.29, 1.82) is 0 Å². The fourth-order valence-corrected chi connectivity index (χ4v) is 2.67. The molecule has 0 amide bonds. The van der Waals surface area contributed by atoms with Crippen LogP contribution in [0.15, 0.2) is 23.2 Å². The number of hydrogen-bond donors (Lipinski definition) is 3. The number of nitrogens with one attached hydrogen (secondary N) is 2. The van der Waals surface area contributed by atoms with Crippen LogP contribution in [0.3, 0.4) is 0 Å². The molecule has 8 heteroatoms. The van der Waals surface area contributed by atoms with E-state index in [1.165, 1.54) is 0 Å². The first-order valence-electron chi connectivity index (χ1n) is 8.91. The Kier molecular flexibility index (Phi) is 11.4. The van der Waals surface area contributed by atoms with E-state index in [9.17, 15) is 5.11 Å². The topological polar surface area (TPSA) is 78.4 Å². The number of halogens is 1. The highest BCUT2D eigenvalue weighted by molar-refractivity contribution is 14.0. The molecule has 0 unspecified atom stereocenters. The summed E-state index contributed by atoms with van der Waals surface area (Å²) in [5.74, 6) is 1.73. The van der Waals surface area contributed by atoms with Gasteiger partial charge in [-0.05, 0) is 25.0 Å². The minimum Gasteiger partial charge on any atom is -0.508 e. The van der Waals surface area contributed by atoms with Crippen LogP contribution in [-0.2, 0) is 11.2 Å². The van der Waals surface area contributed by atoms with E-state index in [1.54, 1.807) is 13.2 Å². The van der Waals surface area contributed by atoms with Gasteiger partial charge in [-0.3, -0.25) is 9.89 Å². The second kappa shape index (κ2) is 13.0. The van der Waals surface area contributed by atoms with Gasteiger partial charge in [-0.1, -0.05) is 6.07 Å². The summed E-state index contributed by atoms with van der Waals surface area (Å²) < 4.78 is 10.5. The number of morpholine rings is 1. The highest BCUT2D eigenvalue weighted by Crippen LogP contribution is 2.23. The van der Waals surface area contributed by atoms with Gasteiger partial charge in [0.2, 0.25) is 0 Å². The van der Waals surface area contributed by atoms with Gasteiger partial charge in [-0.25, -0.2) is 0 Å². The van der Waals surface area contributed by atoms with Crippen molar-refractivity contribution in [2.45, 2.75) is 13.3 Å². The summed E-state index contributed by atoms with van der Waals surface area (Å²) in [6.45, 7) is 8.85. The van der Waals surface area contributed by atoms with E-state index in [0.29, 0.717) is 18.7 Å². The van der Waals surface area contributed by atoms with Gasteiger partial charge in [-0.2, -0.15) is 0 Å². The van der Waals surface area contributed by atoms with E-state index in [-0.39, 0.29) is 29.7 Å². The maximum absolute atomic E-state index is 10.0. The van der Waals surface area contributed by atoms with Crippen molar-refractivity contribution in [3.05, 3.63) is 23.8 Å². The lowest BCUT2D eigenvalue weighted by Gasteiger charge is -2.25. The Hall–Kier alpha value is -1.26. The van der Waals surface area contributed by atoms with Crippen molar-refractivity contribution >= 4 is 29.9 Å². The number of nitrogens with zero attached hydrogens (tertiary/aromatic N) is 2. The van der Waals surface area contributed by atoms with Gasteiger partial charge in [0.15, 0.2) is 5.96 Å². The summed E-state index contributed by atoms with van der Waals surface area (Å²) >= 11 is 0. The third-order valence-corrected chi connectivity index (χ3v) is 4.11. The molecule has 1 aliphatic rings. The zero-order chi connectivity index (χ0) is 17.9. The van der Waals surface area contributed by atoms with Crippen LogP contribution in [-0.4, -0.2) is 75.6 Å². The average molecular weight is 478 g/mol. The maximum atomic E-state index is 10.0. The van der Waals surface area contributed by atoms with Crippen LogP contribution in [0.25, 0.3) is 0 Å². The molecular formula is C18H31IN4O3. The predicted molar refractivity (Wildman–Crippen MR) is 115 cm³/mol. The Balaban J connectivity index is 0.00000338. The quantitative estimate of drug-likeness (QED) is 0.298. The van der Waals surface area contributed by atoms with Crippen LogP contribution in [0.5, 0.6) is 11.5 Å². The molecule has 1 aliphatic heterocycles. The molecule has 3 N–H and O–H groups in total. The highest BCUT2D eigenvalue weighted by Gasteiger charge is 2.09. The summed E-state index contributed by atoms with van der Waals surface area (Å²) in [6.07, 6.45) is 0.712. The first kappa shape index (κ1) is 22.8. The lowest BCUT2D eigenvalue weighted by atomic mass is 10.1. The zero-order valence-corrected chi connectivity index (χ0v) is 18.0. The first-order valence-corrected chi connectivity index (χ1v) is 8.91. The smallest absolute Gasteiger partial charge is 0.191 e. The van der Waals surface area contributed by atoms with Gasteiger partial charge in [0.25, 0.3) is 0 Å². The minimum atomic E-state index is 0. The summed E-state index contributed by atoms with van der Waals surface area (Å²) in [5, 5.41) is 16.6. The number of guanidine groups is 1. The van der Waals surface area contributed by atoms with Crippen molar-refractivity contribution < 1.29 is 14.6 Å². The molecule has 0 saturated carbocycles. The SMILES string of the molecule is CCNC(=NCCN1CCOCC1)NCCc1ccc(OC)cc1O.I. The van der Waals surface area contributed by atoms with E-state index in [2.05, 4.69) is 27.4 Å². The van der Waals surface area contributed by atoms with E-state index in [1.807, 2.05) is 12.1 Å². The fraction of sp³-hybridized carbons (Fsp3) is 0.611. The van der Waals surface area contributed by atoms with Crippen molar-refractivity contribution in [3.8, 4) is 11.5 Å². The number of phenols is 1. The number of aromatic hydroxyl groups is 1. The molecule has 0 radical (unpaired) electrons. The Bertz CT molecular complexity index is 551. The molecule has 148 valence electrons. The Morgan fingerprint density at radius 2 is 2.08 bits per heavy atom. The van der Waals surface area contributed by atoms with Crippen molar-refractivity contribution in [2.75, 3.05) is 59.6 Å². The maximum Gasteiger partial charge on any atom is 0.191 e. The van der Waals surface area contributed by atoms with Gasteiger partial charge in [0.1, 0.15) is 11.5 Å². The lowest BCUT2D eigenvalue weighted by molar-refractivity contribution is 0.0394. The van der Waals surface area contributed by atoms with Gasteiger partial charge >= 0.3 is 0 Å². The van der Waals surface area contributed by atoms with Gasteiger partial charge in [0.05, 0.1) is 26.9 Å². The molecule has 1 aromatic rings. The molecule has 7 nitrogen and oxygen atoms in total. The average Bonchev–Trinajstić information content (AvgIpc) is 2.64. The zero-order valence-electron chi connectivity index (χ0n) is 15.7. The number of hydrogen-bond acceptors (Lipinski definition) is 5. The van der Waals surface area contributed by atoms with Gasteiger partial charge in [0, 0.05) is 38.8 Å². The van der Waals surface area contributed by atoms with Crippen molar-refractivity contribution in [2.24, 2.45) is 4.99 Å². The second-order valence-corrected chi connectivity index (χ2v) is 5.89. The lowest BCUT2D eigenvalue weighted by Crippen LogP contribution is -2.40. The Morgan fingerprint density at radius 1 is 1.31 bits per heavy atom. The largest absolute Gasteiger partial charge is 0.508 e. The number of methoxy groups -OCH3 is 1. The molecule has 0 aromatic heterocycles. The highest BCUT2D eigenvalue weighted by atomic mass is 127. The third-order valence-electron chi connectivity index (χ3n) is 4.11. The van der Waals surface area contributed by atoms with E-state index >= 15 is 0 Å². The van der Waals surface area contributed by atoms with Crippen molar-refractivity contribution in [1.82, 2.24) is 15.5 Å².